The van der Waals surface area contributed by atoms with Gasteiger partial charge in [0, 0.05) is 6.26 Å². The Labute approximate surface area is 109 Å². The monoisotopic (exact) mass is 321 g/mol. The number of anilines is 1. The molecule has 5 nitrogen and oxygen atoms in total. The number of hydrogen-bond acceptors (Lipinski definition) is 4. The van der Waals surface area contributed by atoms with Crippen molar-refractivity contribution in [2.24, 2.45) is 0 Å². The molecule has 0 aromatic carbocycles. The number of nitrogen functional groups attached to an aromatic ring is 1. The van der Waals surface area contributed by atoms with Crippen molar-refractivity contribution in [2.75, 3.05) is 12.0 Å². The number of halogens is 1. The van der Waals surface area contributed by atoms with E-state index in [4.69, 9.17) is 5.73 Å². The summed E-state index contributed by atoms with van der Waals surface area (Å²) in [5.41, 5.74) is 6.74. The Morgan fingerprint density at radius 3 is 2.59 bits per heavy atom. The maximum Gasteiger partial charge on any atom is 0.152 e. The molecule has 96 valence electrons. The molecule has 0 bridgehead atoms. The summed E-state index contributed by atoms with van der Waals surface area (Å²) in [5.74, 6) is 0.517. The number of aryl methyl sites for hydroxylation is 1. The van der Waals surface area contributed by atoms with E-state index in [1.165, 1.54) is 6.26 Å². The third kappa shape index (κ3) is 2.22. The van der Waals surface area contributed by atoms with E-state index in [0.29, 0.717) is 12.2 Å². The van der Waals surface area contributed by atoms with Crippen molar-refractivity contribution in [3.05, 3.63) is 10.2 Å². The van der Waals surface area contributed by atoms with E-state index < -0.39 is 9.84 Å². The Kier molecular flexibility index (Phi) is 3.24. The molecule has 1 aromatic rings. The number of rotatable bonds is 2. The molecular weight excluding hydrogens is 306 g/mol. The first-order valence-electron chi connectivity index (χ1n) is 5.51. The molecule has 1 aliphatic rings. The lowest BCUT2D eigenvalue weighted by molar-refractivity contribution is 0.462. The predicted octanol–water partition coefficient (Wildman–Crippen LogP) is 1.67. The van der Waals surface area contributed by atoms with E-state index in [0.717, 1.165) is 23.0 Å². The Morgan fingerprint density at radius 1 is 1.47 bits per heavy atom. The first-order valence-corrected chi connectivity index (χ1v) is 8.26. The minimum Gasteiger partial charge on any atom is -0.383 e. The third-order valence-corrected chi connectivity index (χ3v) is 5.96. The average molecular weight is 322 g/mol. The maximum atomic E-state index is 11.7. The molecule has 0 saturated heterocycles. The van der Waals surface area contributed by atoms with Crippen LogP contribution in [0, 0.1) is 6.92 Å². The molecule has 1 saturated carbocycles. The minimum absolute atomic E-state index is 0.130. The molecule has 1 aliphatic carbocycles. The minimum atomic E-state index is -3.05. The second-order valence-electron chi connectivity index (χ2n) is 4.60. The summed E-state index contributed by atoms with van der Waals surface area (Å²) in [6, 6.07) is -0.130. The summed E-state index contributed by atoms with van der Waals surface area (Å²) >= 11 is 3.36. The van der Waals surface area contributed by atoms with Crippen LogP contribution in [0.5, 0.6) is 0 Å². The van der Waals surface area contributed by atoms with Crippen LogP contribution in [-0.4, -0.2) is 29.7 Å². The van der Waals surface area contributed by atoms with Crippen LogP contribution in [0.15, 0.2) is 4.47 Å². The van der Waals surface area contributed by atoms with Crippen molar-refractivity contribution < 1.29 is 8.42 Å². The van der Waals surface area contributed by atoms with E-state index in [-0.39, 0.29) is 11.3 Å². The van der Waals surface area contributed by atoms with E-state index in [1.807, 2.05) is 6.92 Å². The molecular formula is C10H16BrN3O2S. The van der Waals surface area contributed by atoms with Crippen LogP contribution >= 0.6 is 15.9 Å². The van der Waals surface area contributed by atoms with Gasteiger partial charge in [-0.3, -0.25) is 0 Å². The van der Waals surface area contributed by atoms with Gasteiger partial charge in [-0.2, -0.15) is 5.10 Å². The normalized spacial score (nSPS) is 25.4. The summed E-state index contributed by atoms with van der Waals surface area (Å²) in [6.07, 6.45) is 3.70. The quantitative estimate of drug-likeness (QED) is 0.898. The highest BCUT2D eigenvalue weighted by atomic mass is 79.9. The first kappa shape index (κ1) is 12.9. The summed E-state index contributed by atoms with van der Waals surface area (Å²) in [7, 11) is -3.05. The van der Waals surface area contributed by atoms with Gasteiger partial charge < -0.3 is 5.73 Å². The van der Waals surface area contributed by atoms with Gasteiger partial charge in [-0.05, 0) is 42.1 Å². The van der Waals surface area contributed by atoms with Crippen molar-refractivity contribution in [3.63, 3.8) is 0 Å². The molecule has 0 amide bonds. The molecule has 1 heterocycles. The highest BCUT2D eigenvalue weighted by Gasteiger charge is 2.37. The molecule has 2 N–H and O–H groups in total. The summed E-state index contributed by atoms with van der Waals surface area (Å²) in [5, 5.41) is 3.97. The largest absolute Gasteiger partial charge is 0.383 e. The van der Waals surface area contributed by atoms with Gasteiger partial charge >= 0.3 is 0 Å². The van der Waals surface area contributed by atoms with Gasteiger partial charge in [0.25, 0.3) is 0 Å². The van der Waals surface area contributed by atoms with E-state index in [2.05, 4.69) is 21.0 Å². The van der Waals surface area contributed by atoms with Gasteiger partial charge in [-0.25, -0.2) is 13.1 Å². The lowest BCUT2D eigenvalue weighted by Gasteiger charge is -2.19. The SMILES string of the molecule is Cc1nn(C2CCCC2S(C)(=O)=O)c(N)c1Br. The zero-order chi connectivity index (χ0) is 12.8. The lowest BCUT2D eigenvalue weighted by atomic mass is 10.2. The molecule has 2 atom stereocenters. The molecule has 2 rings (SSSR count). The predicted molar refractivity (Wildman–Crippen MR) is 70.6 cm³/mol. The fourth-order valence-electron chi connectivity index (χ4n) is 2.48. The Balaban J connectivity index is 2.43. The van der Waals surface area contributed by atoms with E-state index >= 15 is 0 Å². The summed E-state index contributed by atoms with van der Waals surface area (Å²) in [6.45, 7) is 1.85. The second kappa shape index (κ2) is 4.28. The third-order valence-electron chi connectivity index (χ3n) is 3.33. The highest BCUT2D eigenvalue weighted by Crippen LogP contribution is 2.37. The van der Waals surface area contributed by atoms with Crippen LogP contribution in [0.3, 0.4) is 0 Å². The van der Waals surface area contributed by atoms with E-state index in [1.54, 1.807) is 4.68 Å². The molecule has 2 unspecified atom stereocenters. The Hall–Kier alpha value is -0.560. The average Bonchev–Trinajstić information content (AvgIpc) is 2.78. The maximum absolute atomic E-state index is 11.7. The smallest absolute Gasteiger partial charge is 0.152 e. The van der Waals surface area contributed by atoms with Gasteiger partial charge in [-0.1, -0.05) is 0 Å². The first-order chi connectivity index (χ1) is 7.82. The Bertz CT molecular complexity index is 538. The van der Waals surface area contributed by atoms with Crippen LogP contribution < -0.4 is 5.73 Å². The Morgan fingerprint density at radius 2 is 2.12 bits per heavy atom. The molecule has 0 radical (unpaired) electrons. The summed E-state index contributed by atoms with van der Waals surface area (Å²) < 4.78 is 25.9. The number of nitrogens with two attached hydrogens (primary N) is 1. The number of sulfone groups is 1. The number of aromatic nitrogens is 2. The number of nitrogens with zero attached hydrogens (tertiary/aromatic N) is 2. The fraction of sp³-hybridized carbons (Fsp3) is 0.700. The zero-order valence-electron chi connectivity index (χ0n) is 9.85. The fourth-order valence-corrected chi connectivity index (χ4v) is 4.16. The molecule has 0 aliphatic heterocycles. The molecule has 7 heteroatoms. The van der Waals surface area contributed by atoms with Gasteiger partial charge in [-0.15, -0.1) is 0 Å². The molecule has 1 fully saturated rings. The van der Waals surface area contributed by atoms with Crippen LogP contribution in [-0.2, 0) is 9.84 Å². The van der Waals surface area contributed by atoms with Crippen molar-refractivity contribution in [3.8, 4) is 0 Å². The molecule has 17 heavy (non-hydrogen) atoms. The van der Waals surface area contributed by atoms with Gasteiger partial charge in [0.05, 0.1) is 21.5 Å². The van der Waals surface area contributed by atoms with Gasteiger partial charge in [0.2, 0.25) is 0 Å². The van der Waals surface area contributed by atoms with Crippen molar-refractivity contribution in [1.82, 2.24) is 9.78 Å². The van der Waals surface area contributed by atoms with Crippen LogP contribution in [0.25, 0.3) is 0 Å². The van der Waals surface area contributed by atoms with Crippen LogP contribution in [0.4, 0.5) is 5.82 Å². The van der Waals surface area contributed by atoms with Crippen molar-refractivity contribution >= 4 is 31.6 Å². The van der Waals surface area contributed by atoms with Crippen LogP contribution in [0.1, 0.15) is 31.0 Å². The summed E-state index contributed by atoms with van der Waals surface area (Å²) in [4.78, 5) is 0. The lowest BCUT2D eigenvalue weighted by Crippen LogP contribution is -2.28. The standard InChI is InChI=1S/C10H16BrN3O2S/c1-6-9(11)10(12)14(13-6)7-4-3-5-8(7)17(2,15)16/h7-8H,3-5,12H2,1-2H3. The molecule has 0 spiro atoms. The number of hydrogen-bond donors (Lipinski definition) is 1. The van der Waals surface area contributed by atoms with Crippen molar-refractivity contribution in [1.29, 1.82) is 0 Å². The van der Waals surface area contributed by atoms with Gasteiger partial charge in [0.1, 0.15) is 5.82 Å². The topological polar surface area (TPSA) is 78.0 Å². The highest BCUT2D eigenvalue weighted by molar-refractivity contribution is 9.10. The molecule has 1 aromatic heterocycles. The zero-order valence-corrected chi connectivity index (χ0v) is 12.3. The van der Waals surface area contributed by atoms with Gasteiger partial charge in [0.15, 0.2) is 9.84 Å². The van der Waals surface area contributed by atoms with E-state index in [9.17, 15) is 8.42 Å². The van der Waals surface area contributed by atoms with Crippen molar-refractivity contribution in [2.45, 2.75) is 37.5 Å². The van der Waals surface area contributed by atoms with Crippen LogP contribution in [0.2, 0.25) is 0 Å². The second-order valence-corrected chi connectivity index (χ2v) is 7.65.